The Labute approximate surface area is 169 Å². The third kappa shape index (κ3) is 4.57. The lowest BCUT2D eigenvalue weighted by atomic mass is 10.1. The van der Waals surface area contributed by atoms with E-state index in [0.29, 0.717) is 12.1 Å². The molecule has 0 saturated heterocycles. The summed E-state index contributed by atoms with van der Waals surface area (Å²) in [6.45, 7) is 4.33. The second-order valence-electron chi connectivity index (χ2n) is 6.78. The van der Waals surface area contributed by atoms with Gasteiger partial charge in [0.15, 0.2) is 0 Å². The van der Waals surface area contributed by atoms with E-state index >= 15 is 0 Å². The molecule has 0 aliphatic carbocycles. The lowest BCUT2D eigenvalue weighted by molar-refractivity contribution is -0.384. The summed E-state index contributed by atoms with van der Waals surface area (Å²) in [5, 5.41) is 15.5. The van der Waals surface area contributed by atoms with Crippen LogP contribution in [0.1, 0.15) is 22.5 Å². The molecule has 1 amide bonds. The van der Waals surface area contributed by atoms with E-state index < -0.39 is 4.92 Å². The van der Waals surface area contributed by atoms with Crippen molar-refractivity contribution in [3.05, 3.63) is 93.3 Å². The molecular weight excluding hydrogens is 368 g/mol. The molecular formula is C22H22N4O3. The van der Waals surface area contributed by atoms with Crippen molar-refractivity contribution in [3.63, 3.8) is 0 Å². The molecule has 148 valence electrons. The zero-order chi connectivity index (χ0) is 21.0. The van der Waals surface area contributed by atoms with Gasteiger partial charge in [0.1, 0.15) is 0 Å². The van der Waals surface area contributed by atoms with E-state index in [1.165, 1.54) is 18.2 Å². The predicted octanol–water partition coefficient (Wildman–Crippen LogP) is 4.07. The zero-order valence-corrected chi connectivity index (χ0v) is 16.6. The Bertz CT molecular complexity index is 1070. The molecule has 3 rings (SSSR count). The number of benzene rings is 2. The molecule has 0 radical (unpaired) electrons. The molecule has 0 aliphatic heterocycles. The molecule has 1 heterocycles. The summed E-state index contributed by atoms with van der Waals surface area (Å²) in [7, 11) is 1.72. The monoisotopic (exact) mass is 390 g/mol. The molecule has 0 atom stereocenters. The Morgan fingerprint density at radius 2 is 1.90 bits per heavy atom. The molecule has 29 heavy (non-hydrogen) atoms. The van der Waals surface area contributed by atoms with Crippen molar-refractivity contribution in [1.29, 1.82) is 0 Å². The summed E-state index contributed by atoms with van der Waals surface area (Å²) < 4.78 is 1.88. The SMILES string of the molecule is Cc1nn(-c2ccccc2)c(C)c1CN(C)C(=O)/C=C\c1cccc([N+](=O)[O-])c1. The molecule has 3 aromatic rings. The van der Waals surface area contributed by atoms with Crippen molar-refractivity contribution in [3.8, 4) is 5.69 Å². The van der Waals surface area contributed by atoms with Crippen LogP contribution in [0.25, 0.3) is 11.8 Å². The van der Waals surface area contributed by atoms with Gasteiger partial charge in [-0.05, 0) is 37.6 Å². The second kappa shape index (κ2) is 8.52. The van der Waals surface area contributed by atoms with Crippen LogP contribution >= 0.6 is 0 Å². The van der Waals surface area contributed by atoms with E-state index in [9.17, 15) is 14.9 Å². The molecule has 0 aliphatic rings. The molecule has 0 unspecified atom stereocenters. The van der Waals surface area contributed by atoms with E-state index in [-0.39, 0.29) is 11.6 Å². The summed E-state index contributed by atoms with van der Waals surface area (Å²) in [6, 6.07) is 16.0. The minimum Gasteiger partial charge on any atom is -0.338 e. The lowest BCUT2D eigenvalue weighted by Gasteiger charge is -2.15. The number of rotatable bonds is 6. The Kier molecular flexibility index (Phi) is 5.87. The Hall–Kier alpha value is -3.74. The molecule has 0 spiro atoms. The number of aryl methyl sites for hydroxylation is 1. The highest BCUT2D eigenvalue weighted by Crippen LogP contribution is 2.19. The number of nitro benzene ring substituents is 1. The number of carbonyl (C=O) groups is 1. The molecule has 7 nitrogen and oxygen atoms in total. The number of hydrogen-bond donors (Lipinski definition) is 0. The van der Waals surface area contributed by atoms with Gasteiger partial charge in [-0.25, -0.2) is 4.68 Å². The first-order valence-electron chi connectivity index (χ1n) is 9.15. The summed E-state index contributed by atoms with van der Waals surface area (Å²) in [5.74, 6) is -0.192. The number of aromatic nitrogens is 2. The summed E-state index contributed by atoms with van der Waals surface area (Å²) in [6.07, 6.45) is 3.00. The van der Waals surface area contributed by atoms with Gasteiger partial charge < -0.3 is 4.90 Å². The summed E-state index contributed by atoms with van der Waals surface area (Å²) >= 11 is 0. The number of amides is 1. The van der Waals surface area contributed by atoms with Gasteiger partial charge >= 0.3 is 0 Å². The van der Waals surface area contributed by atoms with Crippen LogP contribution in [0, 0.1) is 24.0 Å². The van der Waals surface area contributed by atoms with Crippen LogP contribution in [0.3, 0.4) is 0 Å². The van der Waals surface area contributed by atoms with Crippen molar-refractivity contribution < 1.29 is 9.72 Å². The molecule has 0 N–H and O–H groups in total. The number of carbonyl (C=O) groups excluding carboxylic acids is 1. The molecule has 0 bridgehead atoms. The highest BCUT2D eigenvalue weighted by molar-refractivity contribution is 5.91. The minimum atomic E-state index is -0.457. The van der Waals surface area contributed by atoms with Gasteiger partial charge in [-0.2, -0.15) is 5.10 Å². The maximum absolute atomic E-state index is 12.5. The third-order valence-electron chi connectivity index (χ3n) is 4.71. The third-order valence-corrected chi connectivity index (χ3v) is 4.71. The van der Waals surface area contributed by atoms with Gasteiger partial charge in [-0.1, -0.05) is 30.3 Å². The van der Waals surface area contributed by atoms with Crippen LogP contribution in [-0.4, -0.2) is 32.6 Å². The normalized spacial score (nSPS) is 11.0. The van der Waals surface area contributed by atoms with Crippen molar-refractivity contribution in [1.82, 2.24) is 14.7 Å². The van der Waals surface area contributed by atoms with Crippen LogP contribution in [0.2, 0.25) is 0 Å². The first-order valence-corrected chi connectivity index (χ1v) is 9.15. The number of likely N-dealkylation sites (N-methyl/N-ethyl adjacent to an activating group) is 1. The van der Waals surface area contributed by atoms with E-state index in [2.05, 4.69) is 5.10 Å². The average Bonchev–Trinajstić information content (AvgIpc) is 3.01. The first kappa shape index (κ1) is 20.0. The Morgan fingerprint density at radius 3 is 2.59 bits per heavy atom. The highest BCUT2D eigenvalue weighted by Gasteiger charge is 2.16. The minimum absolute atomic E-state index is 0.00692. The van der Waals surface area contributed by atoms with Crippen LogP contribution in [-0.2, 0) is 11.3 Å². The summed E-state index contributed by atoms with van der Waals surface area (Å²) in [5.41, 5.74) is 4.41. The molecule has 0 fully saturated rings. The lowest BCUT2D eigenvalue weighted by Crippen LogP contribution is -2.24. The van der Waals surface area contributed by atoms with Crippen molar-refractivity contribution >= 4 is 17.7 Å². The second-order valence-corrected chi connectivity index (χ2v) is 6.78. The maximum Gasteiger partial charge on any atom is 0.270 e. The predicted molar refractivity (Wildman–Crippen MR) is 112 cm³/mol. The first-order chi connectivity index (χ1) is 13.9. The van der Waals surface area contributed by atoms with Gasteiger partial charge in [-0.3, -0.25) is 14.9 Å². The van der Waals surface area contributed by atoms with Crippen molar-refractivity contribution in [2.75, 3.05) is 7.05 Å². The quantitative estimate of drug-likeness (QED) is 0.361. The maximum atomic E-state index is 12.5. The van der Waals surface area contributed by atoms with Gasteiger partial charge in [0, 0.05) is 43.1 Å². The van der Waals surface area contributed by atoms with Gasteiger partial charge in [0.25, 0.3) is 5.69 Å². The zero-order valence-electron chi connectivity index (χ0n) is 16.6. The summed E-state index contributed by atoms with van der Waals surface area (Å²) in [4.78, 5) is 24.5. The van der Waals surface area contributed by atoms with E-state index in [0.717, 1.165) is 22.6 Å². The van der Waals surface area contributed by atoms with E-state index in [4.69, 9.17) is 0 Å². The van der Waals surface area contributed by atoms with Crippen molar-refractivity contribution in [2.45, 2.75) is 20.4 Å². The van der Waals surface area contributed by atoms with Crippen LogP contribution < -0.4 is 0 Å². The van der Waals surface area contributed by atoms with Crippen LogP contribution in [0.5, 0.6) is 0 Å². The fraction of sp³-hybridized carbons (Fsp3) is 0.182. The van der Waals surface area contributed by atoms with Crippen LogP contribution in [0.15, 0.2) is 60.7 Å². The smallest absolute Gasteiger partial charge is 0.270 e. The van der Waals surface area contributed by atoms with Gasteiger partial charge in [0.05, 0.1) is 16.3 Å². The van der Waals surface area contributed by atoms with Crippen molar-refractivity contribution in [2.24, 2.45) is 0 Å². The molecule has 7 heteroatoms. The Balaban J connectivity index is 1.74. The molecule has 1 aromatic heterocycles. The number of non-ortho nitro benzene ring substituents is 1. The Morgan fingerprint density at radius 1 is 1.17 bits per heavy atom. The topological polar surface area (TPSA) is 81.3 Å². The van der Waals surface area contributed by atoms with E-state index in [1.807, 2.05) is 48.9 Å². The molecule has 2 aromatic carbocycles. The number of para-hydroxylation sites is 1. The highest BCUT2D eigenvalue weighted by atomic mass is 16.6. The van der Waals surface area contributed by atoms with Gasteiger partial charge in [-0.15, -0.1) is 0 Å². The fourth-order valence-corrected chi connectivity index (χ4v) is 3.08. The average molecular weight is 390 g/mol. The standard InChI is InChI=1S/C22H22N4O3/c1-16-21(17(2)25(23-16)19-9-5-4-6-10-19)15-24(3)22(27)13-12-18-8-7-11-20(14-18)26(28)29/h4-14H,15H2,1-3H3/b13-12-. The largest absolute Gasteiger partial charge is 0.338 e. The number of hydrogen-bond acceptors (Lipinski definition) is 4. The van der Waals surface area contributed by atoms with Gasteiger partial charge in [0.2, 0.25) is 5.91 Å². The fourth-order valence-electron chi connectivity index (χ4n) is 3.08. The van der Waals surface area contributed by atoms with E-state index in [1.54, 1.807) is 30.2 Å². The van der Waals surface area contributed by atoms with Crippen LogP contribution in [0.4, 0.5) is 5.69 Å². The number of nitrogens with zero attached hydrogens (tertiary/aromatic N) is 4. The number of nitro groups is 1. The molecule has 0 saturated carbocycles.